The van der Waals surface area contributed by atoms with Crippen LogP contribution in [0.15, 0.2) is 59.1 Å². The summed E-state index contributed by atoms with van der Waals surface area (Å²) < 4.78 is 1.15. The first-order valence-electron chi connectivity index (χ1n) is 9.30. The number of likely N-dealkylation sites (tertiary alicyclic amines) is 1. The molecule has 0 amide bonds. The average Bonchev–Trinajstić information content (AvgIpc) is 3.01. The van der Waals surface area contributed by atoms with Crippen molar-refractivity contribution in [3.63, 3.8) is 0 Å². The molecule has 0 bridgehead atoms. The van der Waals surface area contributed by atoms with Crippen molar-refractivity contribution < 1.29 is 0 Å². The van der Waals surface area contributed by atoms with Crippen molar-refractivity contribution in [2.75, 3.05) is 19.6 Å². The maximum absolute atomic E-state index is 3.67. The summed E-state index contributed by atoms with van der Waals surface area (Å²) in [5.41, 5.74) is 6.83. The molecule has 1 nitrogen and oxygen atoms in total. The lowest BCUT2D eigenvalue weighted by Crippen LogP contribution is -2.30. The van der Waals surface area contributed by atoms with E-state index in [-0.39, 0.29) is 0 Å². The standard InChI is InChI=1S/C23H24BrN/c24-23-11-5-2-8-19(23)17-20-16-18(21-9-3-4-10-22(20)21)12-15-25-13-6-1-7-14-25/h2-5,8-11,16-17H,1,6-7,12-15H2/b20-17+. The fourth-order valence-electron chi connectivity index (χ4n) is 3.91. The predicted octanol–water partition coefficient (Wildman–Crippen LogP) is 6.26. The number of hydrogen-bond donors (Lipinski definition) is 0. The number of allylic oxidation sites excluding steroid dienone is 2. The fraction of sp³-hybridized carbons (Fsp3) is 0.304. The number of rotatable bonds is 4. The molecular formula is C23H24BrN. The molecular weight excluding hydrogens is 370 g/mol. The molecule has 0 unspecified atom stereocenters. The lowest BCUT2D eigenvalue weighted by Gasteiger charge is -2.26. The van der Waals surface area contributed by atoms with Gasteiger partial charge in [-0.15, -0.1) is 0 Å². The monoisotopic (exact) mass is 393 g/mol. The lowest BCUT2D eigenvalue weighted by molar-refractivity contribution is 0.234. The number of halogens is 1. The normalized spacial score (nSPS) is 19.1. The van der Waals surface area contributed by atoms with Crippen molar-refractivity contribution in [2.24, 2.45) is 0 Å². The van der Waals surface area contributed by atoms with Crippen molar-refractivity contribution in [2.45, 2.75) is 25.7 Å². The first kappa shape index (κ1) is 16.8. The largest absolute Gasteiger partial charge is 0.303 e. The summed E-state index contributed by atoms with van der Waals surface area (Å²) in [4.78, 5) is 2.63. The van der Waals surface area contributed by atoms with E-state index in [9.17, 15) is 0 Å². The summed E-state index contributed by atoms with van der Waals surface area (Å²) >= 11 is 3.67. The van der Waals surface area contributed by atoms with Crippen LogP contribution in [-0.2, 0) is 0 Å². The smallest absolute Gasteiger partial charge is 0.0247 e. The second kappa shape index (κ2) is 7.72. The molecule has 0 saturated carbocycles. The van der Waals surface area contributed by atoms with Crippen molar-refractivity contribution in [3.05, 3.63) is 75.8 Å². The van der Waals surface area contributed by atoms with E-state index in [1.165, 1.54) is 66.7 Å². The van der Waals surface area contributed by atoms with Crippen LogP contribution in [0, 0.1) is 0 Å². The molecule has 2 heteroatoms. The second-order valence-corrected chi connectivity index (χ2v) is 7.84. The number of piperidine rings is 1. The van der Waals surface area contributed by atoms with Gasteiger partial charge in [0.25, 0.3) is 0 Å². The van der Waals surface area contributed by atoms with E-state index >= 15 is 0 Å². The van der Waals surface area contributed by atoms with Crippen LogP contribution in [0.1, 0.15) is 42.4 Å². The van der Waals surface area contributed by atoms with Crippen LogP contribution in [-0.4, -0.2) is 24.5 Å². The third-order valence-electron chi connectivity index (χ3n) is 5.28. The molecule has 25 heavy (non-hydrogen) atoms. The van der Waals surface area contributed by atoms with Crippen molar-refractivity contribution in [1.29, 1.82) is 0 Å². The van der Waals surface area contributed by atoms with Crippen LogP contribution in [0.4, 0.5) is 0 Å². The van der Waals surface area contributed by atoms with Gasteiger partial charge in [-0.3, -0.25) is 0 Å². The van der Waals surface area contributed by atoms with E-state index in [1.54, 1.807) is 0 Å². The van der Waals surface area contributed by atoms with E-state index in [4.69, 9.17) is 0 Å². The minimum atomic E-state index is 1.14. The Bertz CT molecular complexity index is 812. The Morgan fingerprint density at radius 3 is 2.40 bits per heavy atom. The van der Waals surface area contributed by atoms with Gasteiger partial charge in [0.1, 0.15) is 0 Å². The van der Waals surface area contributed by atoms with Gasteiger partial charge in [0.15, 0.2) is 0 Å². The van der Waals surface area contributed by atoms with Gasteiger partial charge in [-0.25, -0.2) is 0 Å². The summed E-state index contributed by atoms with van der Waals surface area (Å²) in [6.45, 7) is 3.73. The van der Waals surface area contributed by atoms with Gasteiger partial charge in [-0.05, 0) is 72.3 Å². The fourth-order valence-corrected chi connectivity index (χ4v) is 4.30. The molecule has 2 aromatic rings. The number of benzene rings is 2. The quantitative estimate of drug-likeness (QED) is 0.591. The van der Waals surface area contributed by atoms with E-state index in [0.717, 1.165) is 10.9 Å². The Labute approximate surface area is 159 Å². The highest BCUT2D eigenvalue weighted by molar-refractivity contribution is 9.10. The van der Waals surface area contributed by atoms with E-state index in [0.29, 0.717) is 0 Å². The SMILES string of the molecule is Brc1ccccc1/C=C1\C=C(CCN2CCCCC2)c2ccccc21. The first-order chi connectivity index (χ1) is 12.3. The molecule has 4 rings (SSSR count). The Hall–Kier alpha value is -1.64. The van der Waals surface area contributed by atoms with Crippen molar-refractivity contribution in [3.8, 4) is 0 Å². The molecule has 0 aromatic heterocycles. The third kappa shape index (κ3) is 3.80. The summed E-state index contributed by atoms with van der Waals surface area (Å²) in [7, 11) is 0. The topological polar surface area (TPSA) is 3.24 Å². The van der Waals surface area contributed by atoms with Crippen LogP contribution >= 0.6 is 15.9 Å². The van der Waals surface area contributed by atoms with Crippen LogP contribution in [0.25, 0.3) is 17.2 Å². The summed E-state index contributed by atoms with van der Waals surface area (Å²) in [5.74, 6) is 0. The highest BCUT2D eigenvalue weighted by atomic mass is 79.9. The van der Waals surface area contributed by atoms with E-state index < -0.39 is 0 Å². The molecule has 2 aliphatic rings. The van der Waals surface area contributed by atoms with Crippen LogP contribution in [0.3, 0.4) is 0 Å². The van der Waals surface area contributed by atoms with Gasteiger partial charge >= 0.3 is 0 Å². The Morgan fingerprint density at radius 1 is 0.880 bits per heavy atom. The zero-order chi connectivity index (χ0) is 17.1. The number of fused-ring (bicyclic) bond motifs is 1. The molecule has 0 atom stereocenters. The van der Waals surface area contributed by atoms with Gasteiger partial charge in [0.05, 0.1) is 0 Å². The van der Waals surface area contributed by atoms with Crippen molar-refractivity contribution >= 4 is 33.2 Å². The van der Waals surface area contributed by atoms with Crippen LogP contribution < -0.4 is 0 Å². The second-order valence-electron chi connectivity index (χ2n) is 6.99. The Kier molecular flexibility index (Phi) is 5.19. The molecule has 1 saturated heterocycles. The highest BCUT2D eigenvalue weighted by Crippen LogP contribution is 2.38. The first-order valence-corrected chi connectivity index (χ1v) is 10.1. The van der Waals surface area contributed by atoms with Crippen molar-refractivity contribution in [1.82, 2.24) is 4.90 Å². The molecule has 1 heterocycles. The number of hydrogen-bond acceptors (Lipinski definition) is 1. The minimum Gasteiger partial charge on any atom is -0.303 e. The van der Waals surface area contributed by atoms with E-state index in [1.807, 2.05) is 0 Å². The molecule has 1 aliphatic heterocycles. The predicted molar refractivity (Wildman–Crippen MR) is 111 cm³/mol. The summed E-state index contributed by atoms with van der Waals surface area (Å²) in [6.07, 6.45) is 9.97. The molecule has 2 aromatic carbocycles. The molecule has 128 valence electrons. The third-order valence-corrected chi connectivity index (χ3v) is 6.00. The van der Waals surface area contributed by atoms with Crippen LogP contribution in [0.2, 0.25) is 0 Å². The highest BCUT2D eigenvalue weighted by Gasteiger charge is 2.19. The van der Waals surface area contributed by atoms with Gasteiger partial charge in [0.2, 0.25) is 0 Å². The molecule has 1 fully saturated rings. The molecule has 0 radical (unpaired) electrons. The van der Waals surface area contributed by atoms with Crippen LogP contribution in [0.5, 0.6) is 0 Å². The summed E-state index contributed by atoms with van der Waals surface area (Å²) in [6, 6.07) is 17.3. The zero-order valence-corrected chi connectivity index (χ0v) is 16.1. The Balaban J connectivity index is 1.60. The van der Waals surface area contributed by atoms with Gasteiger partial charge in [-0.2, -0.15) is 0 Å². The number of nitrogens with zero attached hydrogens (tertiary/aromatic N) is 1. The average molecular weight is 394 g/mol. The maximum Gasteiger partial charge on any atom is 0.0247 e. The van der Waals surface area contributed by atoms with Gasteiger partial charge in [0, 0.05) is 11.0 Å². The Morgan fingerprint density at radius 2 is 1.60 bits per heavy atom. The lowest BCUT2D eigenvalue weighted by atomic mass is 10.0. The van der Waals surface area contributed by atoms with Gasteiger partial charge in [-0.1, -0.05) is 70.9 Å². The molecule has 0 N–H and O–H groups in total. The zero-order valence-electron chi connectivity index (χ0n) is 14.5. The minimum absolute atomic E-state index is 1.14. The summed E-state index contributed by atoms with van der Waals surface area (Å²) in [5, 5.41) is 0. The van der Waals surface area contributed by atoms with Gasteiger partial charge < -0.3 is 4.90 Å². The molecule has 1 aliphatic carbocycles. The molecule has 0 spiro atoms. The maximum atomic E-state index is 3.67. The van der Waals surface area contributed by atoms with E-state index in [2.05, 4.69) is 81.5 Å².